The number of carbonyl (C=O) groups is 1. The fraction of sp³-hybridized carbons (Fsp3) is 0.944. The van der Waals surface area contributed by atoms with Crippen molar-refractivity contribution in [3.8, 4) is 0 Å². The van der Waals surface area contributed by atoms with Crippen LogP contribution < -0.4 is 5.32 Å². The summed E-state index contributed by atoms with van der Waals surface area (Å²) in [5.74, 6) is 1.76. The van der Waals surface area contributed by atoms with Crippen molar-refractivity contribution in [2.24, 2.45) is 28.6 Å². The highest BCUT2D eigenvalue weighted by Gasteiger charge is 2.68. The van der Waals surface area contributed by atoms with Gasteiger partial charge in [0, 0.05) is 19.1 Å². The van der Waals surface area contributed by atoms with Gasteiger partial charge in [0.15, 0.2) is 0 Å². The average Bonchev–Trinajstić information content (AvgIpc) is 2.92. The van der Waals surface area contributed by atoms with E-state index >= 15 is 0 Å². The van der Waals surface area contributed by atoms with Gasteiger partial charge >= 0.3 is 0 Å². The van der Waals surface area contributed by atoms with E-state index in [2.05, 4.69) is 33.0 Å². The van der Waals surface area contributed by atoms with Crippen LogP contribution in [0, 0.1) is 28.6 Å². The van der Waals surface area contributed by atoms with Crippen molar-refractivity contribution in [2.75, 3.05) is 13.2 Å². The van der Waals surface area contributed by atoms with E-state index in [9.17, 15) is 4.79 Å². The molecular weight excluding hydrogens is 278 g/mol. The number of carbonyl (C=O) groups excluding carboxylic acids is 1. The summed E-state index contributed by atoms with van der Waals surface area (Å²) in [6.45, 7) is 9.87. The third-order valence-electron chi connectivity index (χ3n) is 6.85. The van der Waals surface area contributed by atoms with Gasteiger partial charge in [-0.1, -0.05) is 27.7 Å². The summed E-state index contributed by atoms with van der Waals surface area (Å²) < 4.78 is 6.12. The molecule has 1 heterocycles. The van der Waals surface area contributed by atoms with Crippen molar-refractivity contribution >= 4 is 5.91 Å². The monoisotopic (exact) mass is 309 g/mol. The number of rotatable bonds is 4. The standard InChI is InChI=1S/C18H31NO3/c1-11(2)15-13-9-12-10-18(13,6-8-22-15)16(17(12,3)4)19-14(21)5-7-20/h11-13,15-16,20H,5-10H2,1-4H3,(H,19,21)/t12-,13-,15-,16+,18?/m1/s1. The van der Waals surface area contributed by atoms with E-state index in [0.717, 1.165) is 13.0 Å². The molecule has 2 N–H and O–H groups in total. The minimum Gasteiger partial charge on any atom is -0.396 e. The molecule has 1 unspecified atom stereocenters. The molecule has 1 saturated heterocycles. The van der Waals surface area contributed by atoms with Gasteiger partial charge in [0.05, 0.1) is 12.7 Å². The quantitative estimate of drug-likeness (QED) is 0.838. The van der Waals surface area contributed by atoms with E-state index in [-0.39, 0.29) is 35.8 Å². The molecular formula is C18H31NO3. The maximum Gasteiger partial charge on any atom is 0.222 e. The second kappa shape index (κ2) is 5.48. The van der Waals surface area contributed by atoms with E-state index in [0.29, 0.717) is 23.9 Å². The Kier molecular flexibility index (Phi) is 4.05. The first-order chi connectivity index (χ1) is 10.3. The van der Waals surface area contributed by atoms with Crippen molar-refractivity contribution in [3.05, 3.63) is 0 Å². The lowest BCUT2D eigenvalue weighted by molar-refractivity contribution is -0.144. The molecule has 126 valence electrons. The number of aliphatic hydroxyl groups is 1. The second-order valence-electron chi connectivity index (χ2n) is 8.60. The average molecular weight is 309 g/mol. The Morgan fingerprint density at radius 1 is 1.41 bits per heavy atom. The van der Waals surface area contributed by atoms with Gasteiger partial charge < -0.3 is 15.2 Å². The fourth-order valence-corrected chi connectivity index (χ4v) is 5.83. The Hall–Kier alpha value is -0.610. The molecule has 4 nitrogen and oxygen atoms in total. The van der Waals surface area contributed by atoms with Crippen molar-refractivity contribution < 1.29 is 14.6 Å². The summed E-state index contributed by atoms with van der Waals surface area (Å²) in [6.07, 6.45) is 4.06. The number of fused-ring (bicyclic) bond motifs is 1. The number of hydrogen-bond donors (Lipinski definition) is 2. The SMILES string of the molecule is CC(C)[C@H]1OCCC23C[C@@H](C[C@H]12)C(C)(C)[C@@H]3NC(=O)CCO. The van der Waals surface area contributed by atoms with Gasteiger partial charge in [0.25, 0.3) is 0 Å². The Morgan fingerprint density at radius 3 is 2.77 bits per heavy atom. The molecule has 1 spiro atoms. The summed E-state index contributed by atoms with van der Waals surface area (Å²) in [5, 5.41) is 12.3. The first-order valence-electron chi connectivity index (χ1n) is 8.84. The Labute approximate surface area is 134 Å². The minimum atomic E-state index is -0.0728. The Morgan fingerprint density at radius 2 is 2.14 bits per heavy atom. The van der Waals surface area contributed by atoms with Crippen LogP contribution in [-0.4, -0.2) is 36.4 Å². The van der Waals surface area contributed by atoms with Crippen LogP contribution in [0.3, 0.4) is 0 Å². The molecule has 2 aliphatic carbocycles. The van der Waals surface area contributed by atoms with Crippen LogP contribution in [0.15, 0.2) is 0 Å². The highest BCUT2D eigenvalue weighted by Crippen LogP contribution is 2.69. The maximum absolute atomic E-state index is 12.1. The highest BCUT2D eigenvalue weighted by atomic mass is 16.5. The van der Waals surface area contributed by atoms with E-state index < -0.39 is 0 Å². The summed E-state index contributed by atoms with van der Waals surface area (Å²) >= 11 is 0. The molecule has 3 aliphatic rings. The minimum absolute atomic E-state index is 0.00570. The molecule has 1 aliphatic heterocycles. The number of ether oxygens (including phenoxy) is 1. The summed E-state index contributed by atoms with van der Waals surface area (Å²) in [5.41, 5.74) is 0.340. The van der Waals surface area contributed by atoms with E-state index in [4.69, 9.17) is 9.84 Å². The Bertz CT molecular complexity index is 448. The third kappa shape index (κ3) is 2.22. The van der Waals surface area contributed by atoms with Crippen molar-refractivity contribution in [2.45, 2.75) is 65.5 Å². The molecule has 2 bridgehead atoms. The van der Waals surface area contributed by atoms with Crippen LogP contribution in [0.4, 0.5) is 0 Å². The van der Waals surface area contributed by atoms with Crippen LogP contribution in [0.1, 0.15) is 53.4 Å². The van der Waals surface area contributed by atoms with Gasteiger partial charge in [-0.15, -0.1) is 0 Å². The van der Waals surface area contributed by atoms with Gasteiger partial charge in [-0.05, 0) is 47.8 Å². The predicted molar refractivity (Wildman–Crippen MR) is 85.3 cm³/mol. The van der Waals surface area contributed by atoms with Crippen molar-refractivity contribution in [3.63, 3.8) is 0 Å². The number of hydrogen-bond acceptors (Lipinski definition) is 3. The van der Waals surface area contributed by atoms with E-state index in [1.54, 1.807) is 0 Å². The maximum atomic E-state index is 12.1. The summed E-state index contributed by atoms with van der Waals surface area (Å²) in [7, 11) is 0. The molecule has 22 heavy (non-hydrogen) atoms. The normalized spacial score (nSPS) is 42.5. The third-order valence-corrected chi connectivity index (χ3v) is 6.85. The first kappa shape index (κ1) is 16.3. The largest absolute Gasteiger partial charge is 0.396 e. The lowest BCUT2D eigenvalue weighted by Crippen LogP contribution is -2.60. The predicted octanol–water partition coefficient (Wildman–Crippen LogP) is 2.35. The molecule has 3 rings (SSSR count). The van der Waals surface area contributed by atoms with Crippen molar-refractivity contribution in [1.29, 1.82) is 0 Å². The number of aliphatic hydroxyl groups excluding tert-OH is 1. The first-order valence-corrected chi connectivity index (χ1v) is 8.84. The second-order valence-corrected chi connectivity index (χ2v) is 8.60. The fourth-order valence-electron chi connectivity index (χ4n) is 5.83. The molecule has 1 amide bonds. The van der Waals surface area contributed by atoms with Gasteiger partial charge in [0.1, 0.15) is 0 Å². The van der Waals surface area contributed by atoms with Gasteiger partial charge in [-0.25, -0.2) is 0 Å². The highest BCUT2D eigenvalue weighted by molar-refractivity contribution is 5.76. The van der Waals surface area contributed by atoms with Crippen molar-refractivity contribution in [1.82, 2.24) is 5.32 Å². The van der Waals surface area contributed by atoms with Crippen LogP contribution in [0.25, 0.3) is 0 Å². The van der Waals surface area contributed by atoms with Crippen LogP contribution in [0.2, 0.25) is 0 Å². The van der Waals surface area contributed by atoms with Crippen LogP contribution in [-0.2, 0) is 9.53 Å². The van der Waals surface area contributed by atoms with Gasteiger partial charge in [0.2, 0.25) is 5.91 Å². The lowest BCUT2D eigenvalue weighted by Gasteiger charge is -2.54. The zero-order valence-electron chi connectivity index (χ0n) is 14.4. The molecule has 0 radical (unpaired) electrons. The topological polar surface area (TPSA) is 58.6 Å². The molecule has 5 atom stereocenters. The molecule has 3 fully saturated rings. The smallest absolute Gasteiger partial charge is 0.222 e. The van der Waals surface area contributed by atoms with E-state index in [1.165, 1.54) is 12.8 Å². The molecule has 0 aromatic rings. The molecule has 0 aromatic heterocycles. The molecule has 2 saturated carbocycles. The van der Waals surface area contributed by atoms with Gasteiger partial charge in [-0.3, -0.25) is 4.79 Å². The zero-order chi connectivity index (χ0) is 16.1. The van der Waals surface area contributed by atoms with Crippen LogP contribution >= 0.6 is 0 Å². The van der Waals surface area contributed by atoms with Crippen LogP contribution in [0.5, 0.6) is 0 Å². The zero-order valence-corrected chi connectivity index (χ0v) is 14.4. The Balaban J connectivity index is 1.89. The summed E-state index contributed by atoms with van der Waals surface area (Å²) in [6, 6.07) is 0.216. The molecule has 4 heteroatoms. The van der Waals surface area contributed by atoms with E-state index in [1.807, 2.05) is 0 Å². The number of nitrogens with one attached hydrogen (secondary N) is 1. The molecule has 0 aromatic carbocycles. The lowest BCUT2D eigenvalue weighted by atomic mass is 9.58. The van der Waals surface area contributed by atoms with Gasteiger partial charge in [-0.2, -0.15) is 0 Å². The number of amides is 1. The summed E-state index contributed by atoms with van der Waals surface area (Å²) in [4.78, 5) is 12.1.